The zero-order valence-electron chi connectivity index (χ0n) is 22.5. The lowest BCUT2D eigenvalue weighted by atomic mass is 9.87. The Bertz CT molecular complexity index is 1940. The van der Waals surface area contributed by atoms with E-state index in [0.29, 0.717) is 57.2 Å². The number of aromatic nitrogens is 7. The van der Waals surface area contributed by atoms with E-state index in [-0.39, 0.29) is 22.7 Å². The molecule has 42 heavy (non-hydrogen) atoms. The van der Waals surface area contributed by atoms with E-state index in [0.717, 1.165) is 25.7 Å². The summed E-state index contributed by atoms with van der Waals surface area (Å²) in [6, 6.07) is 9.71. The third kappa shape index (κ3) is 4.76. The van der Waals surface area contributed by atoms with Crippen molar-refractivity contribution in [3.63, 3.8) is 0 Å². The minimum absolute atomic E-state index is 0.0610. The molecule has 0 saturated heterocycles. The van der Waals surface area contributed by atoms with Crippen molar-refractivity contribution in [1.29, 1.82) is 0 Å². The maximum Gasteiger partial charge on any atom is 0.224 e. The normalized spacial score (nSPS) is 14.0. The monoisotopic (exact) mass is 564 g/mol. The average Bonchev–Trinajstić information content (AvgIpc) is 3.63. The molecule has 0 atom stereocenters. The number of halogens is 2. The van der Waals surface area contributed by atoms with Gasteiger partial charge >= 0.3 is 0 Å². The van der Waals surface area contributed by atoms with Gasteiger partial charge in [-0.3, -0.25) is 24.8 Å². The molecule has 7 rings (SSSR count). The molecule has 9 nitrogen and oxygen atoms in total. The number of carbonyl (C=O) groups is 1. The number of anilines is 1. The number of benzene rings is 1. The second kappa shape index (κ2) is 10.7. The summed E-state index contributed by atoms with van der Waals surface area (Å²) in [5.74, 6) is -0.421. The lowest BCUT2D eigenvalue weighted by molar-refractivity contribution is -0.117. The summed E-state index contributed by atoms with van der Waals surface area (Å²) in [5.41, 5.74) is 3.28. The first-order valence-electron chi connectivity index (χ1n) is 13.9. The molecular weight excluding hydrogens is 538 g/mol. The topological polar surface area (TPSA) is 125 Å². The molecule has 11 heteroatoms. The number of fused-ring (bicyclic) bond motifs is 2. The number of rotatable bonds is 6. The standard InChI is InChI=1S/C31H26F2N8O/c32-21-9-5-4-8-20(21)28-29-22(10-11-35-28)38-31(39-29)30-25-23(40-41-30)16-36-27(26(25)33)18-13-19(15-34-14-18)37-24(42)12-17-6-2-1-3-7-17/h4-5,8-11,13-17H,1-3,6-7,12H2,(H,37,42)(H,38,39)(H,40,41). The first kappa shape index (κ1) is 25.9. The van der Waals surface area contributed by atoms with E-state index in [1.54, 1.807) is 36.5 Å². The van der Waals surface area contributed by atoms with E-state index in [1.165, 1.54) is 31.1 Å². The van der Waals surface area contributed by atoms with Gasteiger partial charge in [0.15, 0.2) is 11.6 Å². The van der Waals surface area contributed by atoms with Crippen molar-refractivity contribution in [2.45, 2.75) is 38.5 Å². The van der Waals surface area contributed by atoms with Crippen LogP contribution in [0.1, 0.15) is 38.5 Å². The van der Waals surface area contributed by atoms with Crippen LogP contribution < -0.4 is 5.32 Å². The number of H-pyrrole nitrogens is 2. The summed E-state index contributed by atoms with van der Waals surface area (Å²) in [6.07, 6.45) is 12.3. The fourth-order valence-corrected chi connectivity index (χ4v) is 5.75. The molecule has 5 aromatic heterocycles. The van der Waals surface area contributed by atoms with E-state index < -0.39 is 11.6 Å². The number of amides is 1. The number of imidazole rings is 1. The molecule has 1 aliphatic carbocycles. The van der Waals surface area contributed by atoms with Gasteiger partial charge in [-0.05, 0) is 43.0 Å². The highest BCUT2D eigenvalue weighted by atomic mass is 19.1. The Labute approximate surface area is 238 Å². The smallest absolute Gasteiger partial charge is 0.224 e. The van der Waals surface area contributed by atoms with Crippen LogP contribution in [0.5, 0.6) is 0 Å². The molecule has 1 aromatic carbocycles. The Morgan fingerprint density at radius 2 is 1.81 bits per heavy atom. The first-order chi connectivity index (χ1) is 20.5. The second-order valence-corrected chi connectivity index (χ2v) is 10.6. The minimum atomic E-state index is -0.614. The van der Waals surface area contributed by atoms with Gasteiger partial charge in [0, 0.05) is 29.9 Å². The minimum Gasteiger partial charge on any atom is -0.336 e. The first-order valence-corrected chi connectivity index (χ1v) is 13.9. The van der Waals surface area contributed by atoms with Crippen LogP contribution in [0.4, 0.5) is 14.5 Å². The quantitative estimate of drug-likeness (QED) is 0.204. The highest BCUT2D eigenvalue weighted by Crippen LogP contribution is 2.35. The molecule has 0 spiro atoms. The van der Waals surface area contributed by atoms with Crippen LogP contribution in [0.3, 0.4) is 0 Å². The number of aromatic amines is 2. The fourth-order valence-electron chi connectivity index (χ4n) is 5.75. The molecular formula is C31H26F2N8O. The number of nitrogens with one attached hydrogen (secondary N) is 3. The number of hydrogen-bond donors (Lipinski definition) is 3. The van der Waals surface area contributed by atoms with Gasteiger partial charge in [-0.2, -0.15) is 5.10 Å². The van der Waals surface area contributed by atoms with Gasteiger partial charge in [-0.25, -0.2) is 13.8 Å². The van der Waals surface area contributed by atoms with Crippen molar-refractivity contribution < 1.29 is 13.6 Å². The summed E-state index contributed by atoms with van der Waals surface area (Å²) in [6.45, 7) is 0. The maximum absolute atomic E-state index is 16.1. The van der Waals surface area contributed by atoms with Gasteiger partial charge in [0.05, 0.1) is 34.5 Å². The lowest BCUT2D eigenvalue weighted by Crippen LogP contribution is -2.18. The van der Waals surface area contributed by atoms with Crippen LogP contribution in [0, 0.1) is 17.6 Å². The Balaban J connectivity index is 1.23. The highest BCUT2D eigenvalue weighted by Gasteiger charge is 2.23. The number of carbonyl (C=O) groups excluding carboxylic acids is 1. The van der Waals surface area contributed by atoms with Gasteiger partial charge in [0.25, 0.3) is 0 Å². The molecule has 6 aromatic rings. The van der Waals surface area contributed by atoms with Crippen LogP contribution in [0.2, 0.25) is 0 Å². The van der Waals surface area contributed by atoms with E-state index in [4.69, 9.17) is 0 Å². The number of nitrogens with zero attached hydrogens (tertiary/aromatic N) is 5. The van der Waals surface area contributed by atoms with Gasteiger partial charge in [0.1, 0.15) is 28.4 Å². The molecule has 1 saturated carbocycles. The van der Waals surface area contributed by atoms with E-state index >= 15 is 4.39 Å². The van der Waals surface area contributed by atoms with Crippen molar-refractivity contribution in [2.24, 2.45) is 5.92 Å². The SMILES string of the molecule is O=C(CC1CCCCC1)Nc1cncc(-c2ncc3[nH]nc(-c4nc5c(-c6ccccc6F)nccc5[nH]4)c3c2F)c1. The summed E-state index contributed by atoms with van der Waals surface area (Å²) >= 11 is 0. The highest BCUT2D eigenvalue weighted by molar-refractivity contribution is 5.97. The zero-order valence-corrected chi connectivity index (χ0v) is 22.5. The molecule has 1 amide bonds. The van der Waals surface area contributed by atoms with Gasteiger partial charge in [-0.15, -0.1) is 0 Å². The molecule has 0 bridgehead atoms. The van der Waals surface area contributed by atoms with Crippen LogP contribution in [-0.2, 0) is 4.79 Å². The van der Waals surface area contributed by atoms with Gasteiger partial charge in [-0.1, -0.05) is 31.4 Å². The summed E-state index contributed by atoms with van der Waals surface area (Å²) in [5, 5.41) is 10.2. The van der Waals surface area contributed by atoms with Crippen LogP contribution in [-0.4, -0.2) is 41.0 Å². The Hall–Kier alpha value is -5.06. The van der Waals surface area contributed by atoms with Crippen molar-refractivity contribution in [1.82, 2.24) is 35.1 Å². The summed E-state index contributed by atoms with van der Waals surface area (Å²) in [7, 11) is 0. The third-order valence-electron chi connectivity index (χ3n) is 7.79. The van der Waals surface area contributed by atoms with Crippen molar-refractivity contribution >= 4 is 33.5 Å². The molecule has 0 radical (unpaired) electrons. The molecule has 5 heterocycles. The zero-order chi connectivity index (χ0) is 28.6. The summed E-state index contributed by atoms with van der Waals surface area (Å²) in [4.78, 5) is 33.4. The van der Waals surface area contributed by atoms with E-state index in [1.807, 2.05) is 0 Å². The number of pyridine rings is 3. The van der Waals surface area contributed by atoms with Gasteiger partial charge < -0.3 is 10.3 Å². The van der Waals surface area contributed by atoms with E-state index in [9.17, 15) is 9.18 Å². The Morgan fingerprint density at radius 3 is 2.67 bits per heavy atom. The molecule has 0 unspecified atom stereocenters. The second-order valence-electron chi connectivity index (χ2n) is 10.6. The van der Waals surface area contributed by atoms with Crippen LogP contribution >= 0.6 is 0 Å². The lowest BCUT2D eigenvalue weighted by Gasteiger charge is -2.20. The number of hydrogen-bond acceptors (Lipinski definition) is 6. The van der Waals surface area contributed by atoms with Crippen molar-refractivity contribution in [3.8, 4) is 34.0 Å². The predicted molar refractivity (Wildman–Crippen MR) is 155 cm³/mol. The van der Waals surface area contributed by atoms with Crippen LogP contribution in [0.15, 0.2) is 61.2 Å². The van der Waals surface area contributed by atoms with Crippen molar-refractivity contribution in [3.05, 3.63) is 72.8 Å². The fraction of sp³-hybridized carbons (Fsp3) is 0.226. The Kier molecular flexibility index (Phi) is 6.61. The van der Waals surface area contributed by atoms with Crippen molar-refractivity contribution in [2.75, 3.05) is 5.32 Å². The molecule has 210 valence electrons. The summed E-state index contributed by atoms with van der Waals surface area (Å²) < 4.78 is 30.7. The van der Waals surface area contributed by atoms with Gasteiger partial charge in [0.2, 0.25) is 5.91 Å². The molecule has 0 aliphatic heterocycles. The molecule has 1 aliphatic rings. The third-order valence-corrected chi connectivity index (χ3v) is 7.79. The van der Waals surface area contributed by atoms with Crippen LogP contribution in [0.25, 0.3) is 56.0 Å². The predicted octanol–water partition coefficient (Wildman–Crippen LogP) is 6.81. The molecule has 3 N–H and O–H groups in total. The Morgan fingerprint density at radius 1 is 0.952 bits per heavy atom. The van der Waals surface area contributed by atoms with E-state index in [2.05, 4.69) is 40.4 Å². The largest absolute Gasteiger partial charge is 0.336 e. The average molecular weight is 565 g/mol. The maximum atomic E-state index is 16.1. The molecule has 1 fully saturated rings.